The van der Waals surface area contributed by atoms with Crippen LogP contribution in [0.2, 0.25) is 0 Å². The molecule has 2 aliphatic rings. The summed E-state index contributed by atoms with van der Waals surface area (Å²) in [7, 11) is 2.12. The molecule has 0 unspecified atom stereocenters. The minimum Gasteiger partial charge on any atom is -0.369 e. The van der Waals surface area contributed by atoms with Gasteiger partial charge in [0.15, 0.2) is 0 Å². The maximum absolute atomic E-state index is 4.62. The Kier molecular flexibility index (Phi) is 14.3. The van der Waals surface area contributed by atoms with Crippen LogP contribution in [0.1, 0.15) is 39.7 Å². The van der Waals surface area contributed by atoms with Gasteiger partial charge in [-0.05, 0) is 45.1 Å². The van der Waals surface area contributed by atoms with Gasteiger partial charge < -0.3 is 20.4 Å². The summed E-state index contributed by atoms with van der Waals surface area (Å²) in [6, 6.07) is 4.06. The van der Waals surface area contributed by atoms with E-state index in [4.69, 9.17) is 0 Å². The number of likely N-dealkylation sites (N-methyl/N-ethyl adjacent to an activating group) is 1. The van der Waals surface area contributed by atoms with Crippen LogP contribution in [-0.4, -0.2) is 80.0 Å². The first kappa shape index (κ1) is 26.9. The molecule has 3 heterocycles. The number of aromatic nitrogens is 1. The maximum atomic E-state index is 4.62. The highest BCUT2D eigenvalue weighted by molar-refractivity contribution is 5.84. The van der Waals surface area contributed by atoms with Crippen molar-refractivity contribution in [3.05, 3.63) is 47.7 Å². The molecule has 0 saturated carbocycles. The van der Waals surface area contributed by atoms with Crippen molar-refractivity contribution in [2.45, 2.75) is 41.0 Å². The maximum Gasteiger partial charge on any atom is 0.126 e. The summed E-state index contributed by atoms with van der Waals surface area (Å²) < 4.78 is 0. The zero-order valence-electron chi connectivity index (χ0n) is 20.6. The minimum atomic E-state index is 0.824. The number of hydrogen-bond donors (Lipinski definition) is 2. The fourth-order valence-corrected chi connectivity index (χ4v) is 3.10. The number of pyridine rings is 1. The van der Waals surface area contributed by atoms with E-state index in [9.17, 15) is 0 Å². The minimum absolute atomic E-state index is 0.824. The Balaban J connectivity index is 0.000000288. The molecule has 3 rings (SSSR count). The molecular weight excluding hydrogens is 384 g/mol. The van der Waals surface area contributed by atoms with Gasteiger partial charge >= 0.3 is 0 Å². The molecular formula is C25H44N6. The smallest absolute Gasteiger partial charge is 0.126 e. The molecule has 6 nitrogen and oxygen atoms in total. The van der Waals surface area contributed by atoms with Gasteiger partial charge in [0.2, 0.25) is 0 Å². The predicted molar refractivity (Wildman–Crippen MR) is 136 cm³/mol. The number of piperazine rings is 1. The van der Waals surface area contributed by atoms with E-state index in [2.05, 4.69) is 82.5 Å². The molecule has 0 amide bonds. The van der Waals surface area contributed by atoms with Crippen LogP contribution < -0.4 is 10.6 Å². The Bertz CT molecular complexity index is 689. The molecule has 0 aromatic carbocycles. The molecule has 1 aromatic rings. The summed E-state index contributed by atoms with van der Waals surface area (Å²) in [6.07, 6.45) is 9.36. The molecule has 31 heavy (non-hydrogen) atoms. The third-order valence-electron chi connectivity index (χ3n) is 5.10. The van der Waals surface area contributed by atoms with Crippen molar-refractivity contribution in [3.63, 3.8) is 0 Å². The second-order valence-electron chi connectivity index (χ2n) is 7.59. The normalized spacial score (nSPS) is 17.7. The summed E-state index contributed by atoms with van der Waals surface area (Å²) >= 11 is 0. The first-order valence-electron chi connectivity index (χ1n) is 11.8. The molecule has 174 valence electrons. The van der Waals surface area contributed by atoms with Gasteiger partial charge in [0.1, 0.15) is 11.7 Å². The number of aliphatic imine (C=N–C) groups is 1. The second-order valence-corrected chi connectivity index (χ2v) is 7.59. The van der Waals surface area contributed by atoms with Crippen LogP contribution in [0.3, 0.4) is 0 Å². The lowest BCUT2D eigenvalue weighted by Gasteiger charge is -2.30. The Morgan fingerprint density at radius 1 is 1.19 bits per heavy atom. The molecule has 1 saturated heterocycles. The third-order valence-corrected chi connectivity index (χ3v) is 5.10. The van der Waals surface area contributed by atoms with Gasteiger partial charge in [-0.25, -0.2) is 4.98 Å². The lowest BCUT2D eigenvalue weighted by Crippen LogP contribution is -2.46. The lowest BCUT2D eigenvalue weighted by molar-refractivity contribution is 0.352. The molecule has 2 aliphatic heterocycles. The van der Waals surface area contributed by atoms with Crippen LogP contribution in [-0.2, 0) is 0 Å². The Labute approximate surface area is 190 Å². The van der Waals surface area contributed by atoms with Crippen molar-refractivity contribution in [3.8, 4) is 0 Å². The average Bonchev–Trinajstić information content (AvgIpc) is 2.79. The van der Waals surface area contributed by atoms with Gasteiger partial charge in [-0.1, -0.05) is 44.6 Å². The standard InChI is InChI=1S/C12H19N3.C11H19N3.C2H6/c1-11-3-2-6-14-12(5-4-11)15-9-7-13-8-10-15;1-4-14(3)8-7-13-11-9-10(2)5-6-12-11;1-2/h2-4,13H,5-10H2,1H3;5-6,9H,4,7-8H2,1-3H3,(H,12,13);1-2H3/b3-2?,11-4-,14-12?;;. The van der Waals surface area contributed by atoms with E-state index < -0.39 is 0 Å². The van der Waals surface area contributed by atoms with Crippen molar-refractivity contribution < 1.29 is 0 Å². The quantitative estimate of drug-likeness (QED) is 0.743. The van der Waals surface area contributed by atoms with Crippen molar-refractivity contribution in [2.75, 3.05) is 64.7 Å². The van der Waals surface area contributed by atoms with Gasteiger partial charge in [0.05, 0.1) is 6.54 Å². The topological polar surface area (TPSA) is 55.8 Å². The summed E-state index contributed by atoms with van der Waals surface area (Å²) in [5.41, 5.74) is 2.59. The molecule has 0 spiro atoms. The number of allylic oxidation sites excluding steroid dienone is 2. The average molecular weight is 429 g/mol. The zero-order chi connectivity index (χ0) is 22.9. The number of rotatable bonds is 5. The molecule has 0 aliphatic carbocycles. The number of nitrogens with zero attached hydrogens (tertiary/aromatic N) is 4. The monoisotopic (exact) mass is 428 g/mol. The highest BCUT2D eigenvalue weighted by Gasteiger charge is 2.13. The molecule has 6 heteroatoms. The Morgan fingerprint density at radius 3 is 2.61 bits per heavy atom. The van der Waals surface area contributed by atoms with E-state index in [0.29, 0.717) is 0 Å². The number of anilines is 1. The number of amidine groups is 1. The van der Waals surface area contributed by atoms with E-state index in [1.54, 1.807) is 0 Å². The van der Waals surface area contributed by atoms with Crippen LogP contribution in [0, 0.1) is 6.92 Å². The zero-order valence-corrected chi connectivity index (χ0v) is 20.6. The van der Waals surface area contributed by atoms with Gasteiger partial charge in [-0.15, -0.1) is 0 Å². The molecule has 2 N–H and O–H groups in total. The second kappa shape index (κ2) is 16.5. The first-order chi connectivity index (χ1) is 15.1. The van der Waals surface area contributed by atoms with Crippen molar-refractivity contribution in [1.29, 1.82) is 0 Å². The Hall–Kier alpha value is -2.18. The third kappa shape index (κ3) is 11.7. The summed E-state index contributed by atoms with van der Waals surface area (Å²) in [5.74, 6) is 2.22. The molecule has 1 fully saturated rings. The fraction of sp³-hybridized carbons (Fsp3) is 0.600. The predicted octanol–water partition coefficient (Wildman–Crippen LogP) is 3.98. The van der Waals surface area contributed by atoms with Crippen LogP contribution >= 0.6 is 0 Å². The van der Waals surface area contributed by atoms with E-state index in [-0.39, 0.29) is 0 Å². The van der Waals surface area contributed by atoms with E-state index >= 15 is 0 Å². The summed E-state index contributed by atoms with van der Waals surface area (Å²) in [4.78, 5) is 13.5. The van der Waals surface area contributed by atoms with Gasteiger partial charge in [0, 0.05) is 51.9 Å². The molecule has 1 aromatic heterocycles. The molecule has 0 atom stereocenters. The highest BCUT2D eigenvalue weighted by Crippen LogP contribution is 2.07. The SMILES string of the molecule is C/C1=C/CC(N2CCNCC2)=NCC=C1.CC.CCN(C)CCNc1cc(C)ccn1. The lowest BCUT2D eigenvalue weighted by atomic mass is 10.2. The Morgan fingerprint density at radius 2 is 1.94 bits per heavy atom. The summed E-state index contributed by atoms with van der Waals surface area (Å²) in [5, 5.41) is 6.66. The van der Waals surface area contributed by atoms with Crippen molar-refractivity contribution in [1.82, 2.24) is 20.1 Å². The van der Waals surface area contributed by atoms with E-state index in [0.717, 1.165) is 64.6 Å². The van der Waals surface area contributed by atoms with E-state index in [1.165, 1.54) is 17.0 Å². The molecule has 0 radical (unpaired) electrons. The largest absolute Gasteiger partial charge is 0.369 e. The summed E-state index contributed by atoms with van der Waals surface area (Å²) in [6.45, 7) is 18.6. The fourth-order valence-electron chi connectivity index (χ4n) is 3.10. The van der Waals surface area contributed by atoms with Crippen molar-refractivity contribution >= 4 is 11.7 Å². The van der Waals surface area contributed by atoms with Crippen molar-refractivity contribution in [2.24, 2.45) is 4.99 Å². The highest BCUT2D eigenvalue weighted by atomic mass is 15.2. The van der Waals surface area contributed by atoms with E-state index in [1.807, 2.05) is 26.1 Å². The van der Waals surface area contributed by atoms with Crippen LogP contribution in [0.5, 0.6) is 0 Å². The van der Waals surface area contributed by atoms with Gasteiger partial charge in [-0.3, -0.25) is 4.99 Å². The first-order valence-corrected chi connectivity index (χ1v) is 11.8. The van der Waals surface area contributed by atoms with Crippen LogP contribution in [0.4, 0.5) is 5.82 Å². The van der Waals surface area contributed by atoms with Gasteiger partial charge in [-0.2, -0.15) is 0 Å². The molecule has 0 bridgehead atoms. The van der Waals surface area contributed by atoms with Crippen LogP contribution in [0.15, 0.2) is 47.1 Å². The number of hydrogen-bond acceptors (Lipinski definition) is 6. The number of aryl methyl sites for hydroxylation is 1. The van der Waals surface area contributed by atoms with Crippen LogP contribution in [0.25, 0.3) is 0 Å². The number of nitrogens with one attached hydrogen (secondary N) is 2. The van der Waals surface area contributed by atoms with Gasteiger partial charge in [0.25, 0.3) is 0 Å².